The van der Waals surface area contributed by atoms with Crippen molar-refractivity contribution in [1.29, 1.82) is 0 Å². The standard InChI is InChI=1S/C23H31ClFN3O3/c1-17-21(29)4-2-10-26(17)11-3-12-27-14-15-28(13-9-23(27)31)22(30)8-6-18-5-7-20(25)19(24)16-18/h5-8,16-17,21,29H,2-4,9-15H2,1H3/t17-,21+/m1/s1. The third-order valence-corrected chi connectivity index (χ3v) is 6.50. The number of hydrogen-bond acceptors (Lipinski definition) is 4. The molecule has 0 bridgehead atoms. The van der Waals surface area contributed by atoms with Gasteiger partial charge in [-0.1, -0.05) is 17.7 Å². The molecule has 2 fully saturated rings. The zero-order chi connectivity index (χ0) is 22.4. The van der Waals surface area contributed by atoms with E-state index in [-0.39, 0.29) is 29.0 Å². The lowest BCUT2D eigenvalue weighted by atomic mass is 10.0. The van der Waals surface area contributed by atoms with Crippen LogP contribution in [0.15, 0.2) is 24.3 Å². The summed E-state index contributed by atoms with van der Waals surface area (Å²) in [5.41, 5.74) is 0.643. The van der Waals surface area contributed by atoms with Gasteiger partial charge in [0.25, 0.3) is 0 Å². The smallest absolute Gasteiger partial charge is 0.246 e. The highest BCUT2D eigenvalue weighted by molar-refractivity contribution is 6.30. The van der Waals surface area contributed by atoms with Gasteiger partial charge in [-0.2, -0.15) is 0 Å². The Labute approximate surface area is 188 Å². The molecule has 1 aromatic rings. The maximum Gasteiger partial charge on any atom is 0.246 e. The van der Waals surface area contributed by atoms with Crippen molar-refractivity contribution in [2.45, 2.75) is 44.8 Å². The maximum absolute atomic E-state index is 13.3. The van der Waals surface area contributed by atoms with Crippen molar-refractivity contribution >= 4 is 29.5 Å². The van der Waals surface area contributed by atoms with E-state index >= 15 is 0 Å². The highest BCUT2D eigenvalue weighted by Gasteiger charge is 2.27. The van der Waals surface area contributed by atoms with Crippen LogP contribution in [0.25, 0.3) is 6.08 Å². The normalized spacial score (nSPS) is 23.4. The zero-order valence-corrected chi connectivity index (χ0v) is 18.7. The first kappa shape index (κ1) is 23.7. The molecule has 2 atom stereocenters. The van der Waals surface area contributed by atoms with E-state index in [1.807, 2.05) is 4.90 Å². The molecule has 1 N–H and O–H groups in total. The molecular weight excluding hydrogens is 421 g/mol. The number of amides is 2. The summed E-state index contributed by atoms with van der Waals surface area (Å²) in [5, 5.41) is 10.0. The predicted molar refractivity (Wildman–Crippen MR) is 119 cm³/mol. The Morgan fingerprint density at radius 2 is 2.06 bits per heavy atom. The Balaban J connectivity index is 1.47. The molecule has 0 aromatic heterocycles. The Hall–Kier alpha value is -1.96. The minimum Gasteiger partial charge on any atom is -0.392 e. The Kier molecular flexibility index (Phi) is 8.46. The number of carbonyl (C=O) groups is 2. The second-order valence-electron chi connectivity index (χ2n) is 8.30. The number of rotatable bonds is 6. The van der Waals surface area contributed by atoms with Gasteiger partial charge in [-0.25, -0.2) is 4.39 Å². The first-order valence-electron chi connectivity index (χ1n) is 11.0. The Bertz CT molecular complexity index is 819. The van der Waals surface area contributed by atoms with Gasteiger partial charge < -0.3 is 14.9 Å². The molecule has 0 saturated carbocycles. The van der Waals surface area contributed by atoms with E-state index in [1.54, 1.807) is 17.0 Å². The second kappa shape index (κ2) is 11.1. The number of aliphatic hydroxyl groups is 1. The van der Waals surface area contributed by atoms with Gasteiger partial charge >= 0.3 is 0 Å². The largest absolute Gasteiger partial charge is 0.392 e. The summed E-state index contributed by atoms with van der Waals surface area (Å²) in [4.78, 5) is 30.8. The fourth-order valence-electron chi connectivity index (χ4n) is 4.18. The van der Waals surface area contributed by atoms with E-state index in [1.165, 1.54) is 18.2 Å². The van der Waals surface area contributed by atoms with Gasteiger partial charge in [-0.3, -0.25) is 14.5 Å². The van der Waals surface area contributed by atoms with Crippen LogP contribution in [-0.4, -0.2) is 83.0 Å². The van der Waals surface area contributed by atoms with Gasteiger partial charge in [0.05, 0.1) is 11.1 Å². The van der Waals surface area contributed by atoms with Gasteiger partial charge in [0, 0.05) is 51.3 Å². The van der Waals surface area contributed by atoms with Gasteiger partial charge in [-0.05, 0) is 56.5 Å². The Morgan fingerprint density at radius 3 is 2.84 bits per heavy atom. The fraction of sp³-hybridized carbons (Fsp3) is 0.565. The third-order valence-electron chi connectivity index (χ3n) is 6.21. The second-order valence-corrected chi connectivity index (χ2v) is 8.71. The number of piperidine rings is 1. The van der Waals surface area contributed by atoms with Crippen LogP contribution in [0, 0.1) is 5.82 Å². The summed E-state index contributed by atoms with van der Waals surface area (Å²) >= 11 is 5.78. The van der Waals surface area contributed by atoms with Crippen LogP contribution in [-0.2, 0) is 9.59 Å². The molecule has 2 aliphatic rings. The third kappa shape index (κ3) is 6.51. The Morgan fingerprint density at radius 1 is 1.26 bits per heavy atom. The predicted octanol–water partition coefficient (Wildman–Crippen LogP) is 2.79. The van der Waals surface area contributed by atoms with Crippen LogP contribution < -0.4 is 0 Å². The number of likely N-dealkylation sites (tertiary alicyclic amines) is 1. The molecule has 6 nitrogen and oxygen atoms in total. The van der Waals surface area contributed by atoms with Crippen LogP contribution >= 0.6 is 11.6 Å². The van der Waals surface area contributed by atoms with Crippen molar-refractivity contribution in [3.63, 3.8) is 0 Å². The summed E-state index contributed by atoms with van der Waals surface area (Å²) in [6.45, 7) is 5.94. The zero-order valence-electron chi connectivity index (χ0n) is 18.0. The SMILES string of the molecule is C[C@@H]1[C@@H](O)CCCN1CCCN1CCN(C(=O)C=Cc2ccc(F)c(Cl)c2)CCC1=O. The molecule has 170 valence electrons. The molecule has 2 saturated heterocycles. The molecule has 0 radical (unpaired) electrons. The number of nitrogens with zero attached hydrogens (tertiary/aromatic N) is 3. The molecule has 3 rings (SSSR count). The van der Waals surface area contributed by atoms with E-state index in [0.717, 1.165) is 32.4 Å². The number of carbonyl (C=O) groups excluding carboxylic acids is 2. The lowest BCUT2D eigenvalue weighted by molar-refractivity contribution is -0.130. The maximum atomic E-state index is 13.3. The van der Waals surface area contributed by atoms with E-state index in [2.05, 4.69) is 11.8 Å². The van der Waals surface area contributed by atoms with E-state index < -0.39 is 5.82 Å². The molecule has 8 heteroatoms. The molecule has 2 amide bonds. The van der Waals surface area contributed by atoms with Crippen molar-refractivity contribution in [2.75, 3.05) is 39.3 Å². The van der Waals surface area contributed by atoms with Crippen molar-refractivity contribution < 1.29 is 19.1 Å². The highest BCUT2D eigenvalue weighted by Crippen LogP contribution is 2.18. The first-order chi connectivity index (χ1) is 14.8. The van der Waals surface area contributed by atoms with Crippen LogP contribution in [0.5, 0.6) is 0 Å². The number of benzene rings is 1. The topological polar surface area (TPSA) is 64.1 Å². The van der Waals surface area contributed by atoms with Crippen LogP contribution in [0.3, 0.4) is 0 Å². The number of hydrogen-bond donors (Lipinski definition) is 1. The molecule has 31 heavy (non-hydrogen) atoms. The van der Waals surface area contributed by atoms with Crippen molar-refractivity contribution in [3.8, 4) is 0 Å². The van der Waals surface area contributed by atoms with Crippen molar-refractivity contribution in [2.24, 2.45) is 0 Å². The minimum absolute atomic E-state index is 0.0130. The van der Waals surface area contributed by atoms with Gasteiger partial charge in [0.1, 0.15) is 5.82 Å². The molecule has 2 aliphatic heterocycles. The summed E-state index contributed by atoms with van der Waals surface area (Å²) in [5.74, 6) is -0.607. The van der Waals surface area contributed by atoms with Gasteiger partial charge in [0.15, 0.2) is 0 Å². The molecular formula is C23H31ClFN3O3. The molecule has 0 unspecified atom stereocenters. The minimum atomic E-state index is -0.498. The first-order valence-corrected chi connectivity index (χ1v) is 11.3. The summed E-state index contributed by atoms with van der Waals surface area (Å²) < 4.78 is 13.3. The average molecular weight is 452 g/mol. The van der Waals surface area contributed by atoms with E-state index in [4.69, 9.17) is 11.6 Å². The van der Waals surface area contributed by atoms with Crippen molar-refractivity contribution in [3.05, 3.63) is 40.7 Å². The summed E-state index contributed by atoms with van der Waals surface area (Å²) in [6, 6.07) is 4.45. The monoisotopic (exact) mass is 451 g/mol. The molecule has 1 aromatic carbocycles. The average Bonchev–Trinajstić information content (AvgIpc) is 2.93. The molecule has 0 aliphatic carbocycles. The fourth-order valence-corrected chi connectivity index (χ4v) is 4.37. The molecule has 2 heterocycles. The van der Waals surface area contributed by atoms with Crippen LogP contribution in [0.1, 0.15) is 38.2 Å². The van der Waals surface area contributed by atoms with E-state index in [9.17, 15) is 19.1 Å². The van der Waals surface area contributed by atoms with Gasteiger partial charge in [0.2, 0.25) is 11.8 Å². The van der Waals surface area contributed by atoms with Crippen LogP contribution in [0.2, 0.25) is 5.02 Å². The highest BCUT2D eigenvalue weighted by atomic mass is 35.5. The quantitative estimate of drug-likeness (QED) is 0.675. The molecule has 0 spiro atoms. The van der Waals surface area contributed by atoms with E-state index in [0.29, 0.717) is 38.2 Å². The van der Waals surface area contributed by atoms with Crippen LogP contribution in [0.4, 0.5) is 4.39 Å². The summed E-state index contributed by atoms with van der Waals surface area (Å²) in [6.07, 6.45) is 5.78. The summed E-state index contributed by atoms with van der Waals surface area (Å²) in [7, 11) is 0. The number of aliphatic hydroxyl groups excluding tert-OH is 1. The van der Waals surface area contributed by atoms with Gasteiger partial charge in [-0.15, -0.1) is 0 Å². The number of halogens is 2. The lowest BCUT2D eigenvalue weighted by Gasteiger charge is -2.37. The van der Waals surface area contributed by atoms with Crippen molar-refractivity contribution in [1.82, 2.24) is 14.7 Å². The lowest BCUT2D eigenvalue weighted by Crippen LogP contribution is -2.47.